The normalized spacial score (nSPS) is 12.6. The third-order valence-corrected chi connectivity index (χ3v) is 11.8. The van der Waals surface area contributed by atoms with Crippen molar-refractivity contribution in [1.82, 2.24) is 0 Å². The van der Waals surface area contributed by atoms with E-state index in [1.807, 2.05) is 0 Å². The van der Waals surface area contributed by atoms with Crippen molar-refractivity contribution in [1.29, 1.82) is 0 Å². The largest absolute Gasteiger partial charge is 0.462 e. The SMILES string of the molecule is CCC(C)CCCCCCCCCCCCC(=O)O[C@H](COC(=O)CCCCCCCCCCCCCCCC(C)C)COC(=O)CCCCCCCCC(C)C. The summed E-state index contributed by atoms with van der Waals surface area (Å²) in [7, 11) is 0. The Kier molecular flexibility index (Phi) is 41.3. The summed E-state index contributed by atoms with van der Waals surface area (Å²) in [4.78, 5) is 37.8. The zero-order chi connectivity index (χ0) is 42.0. The van der Waals surface area contributed by atoms with E-state index in [-0.39, 0.29) is 31.1 Å². The average Bonchev–Trinajstić information content (AvgIpc) is 3.18. The predicted molar refractivity (Wildman–Crippen MR) is 243 cm³/mol. The molecule has 0 aliphatic rings. The predicted octanol–water partition coefficient (Wildman–Crippen LogP) is 16.0. The standard InChI is InChI=1S/C51H98O6/c1-7-47(6)39-33-27-20-16-13-14-18-22-30-36-42-51(54)57-48(44-56-50(53)41-35-29-24-23-26-32-38-46(4)5)43-55-49(52)40-34-28-21-17-12-10-8-9-11-15-19-25-31-37-45(2)3/h45-48H,7-44H2,1-6H3/t47?,48-/m1/s1. The third-order valence-electron chi connectivity index (χ3n) is 11.8. The Morgan fingerprint density at radius 3 is 0.912 bits per heavy atom. The molecule has 0 spiro atoms. The van der Waals surface area contributed by atoms with Gasteiger partial charge >= 0.3 is 17.9 Å². The molecule has 6 heteroatoms. The van der Waals surface area contributed by atoms with E-state index < -0.39 is 6.10 Å². The van der Waals surface area contributed by atoms with Gasteiger partial charge in [-0.15, -0.1) is 0 Å². The number of ether oxygens (including phenoxy) is 3. The Hall–Kier alpha value is -1.59. The maximum absolute atomic E-state index is 12.8. The third kappa shape index (κ3) is 43.8. The molecule has 0 N–H and O–H groups in total. The lowest BCUT2D eigenvalue weighted by Gasteiger charge is -2.18. The van der Waals surface area contributed by atoms with Gasteiger partial charge in [0.2, 0.25) is 0 Å². The Bertz CT molecular complexity index is 885. The highest BCUT2D eigenvalue weighted by atomic mass is 16.6. The molecule has 0 aliphatic carbocycles. The van der Waals surface area contributed by atoms with Gasteiger partial charge in [0.15, 0.2) is 6.10 Å². The minimum atomic E-state index is -0.763. The highest BCUT2D eigenvalue weighted by Crippen LogP contribution is 2.18. The molecule has 0 aromatic heterocycles. The van der Waals surface area contributed by atoms with Crippen LogP contribution in [0.1, 0.15) is 273 Å². The summed E-state index contributed by atoms with van der Waals surface area (Å²) in [6.45, 7) is 13.7. The maximum Gasteiger partial charge on any atom is 0.306 e. The van der Waals surface area contributed by atoms with E-state index in [0.717, 1.165) is 75.5 Å². The molecule has 0 saturated carbocycles. The van der Waals surface area contributed by atoms with Crippen LogP contribution in [0.15, 0.2) is 0 Å². The first-order valence-corrected chi connectivity index (χ1v) is 25.1. The van der Waals surface area contributed by atoms with Gasteiger partial charge in [-0.05, 0) is 37.0 Å². The monoisotopic (exact) mass is 807 g/mol. The second-order valence-corrected chi connectivity index (χ2v) is 18.6. The molecule has 0 amide bonds. The van der Waals surface area contributed by atoms with Gasteiger partial charge in [0.05, 0.1) is 0 Å². The van der Waals surface area contributed by atoms with Crippen LogP contribution in [-0.2, 0) is 28.6 Å². The first kappa shape index (κ1) is 55.4. The quantitative estimate of drug-likeness (QED) is 0.0347. The number of unbranched alkanes of at least 4 members (excludes halogenated alkanes) is 26. The zero-order valence-corrected chi connectivity index (χ0v) is 39.1. The van der Waals surface area contributed by atoms with E-state index in [1.165, 1.54) is 154 Å². The molecule has 0 aliphatic heterocycles. The topological polar surface area (TPSA) is 78.9 Å². The van der Waals surface area contributed by atoms with Gasteiger partial charge in [-0.1, -0.05) is 234 Å². The zero-order valence-electron chi connectivity index (χ0n) is 39.1. The molecule has 0 saturated heterocycles. The molecule has 0 bridgehead atoms. The second kappa shape index (κ2) is 42.5. The Labute approximate surface area is 355 Å². The first-order valence-electron chi connectivity index (χ1n) is 25.1. The molecule has 1 unspecified atom stereocenters. The van der Waals surface area contributed by atoms with Crippen molar-refractivity contribution >= 4 is 17.9 Å². The van der Waals surface area contributed by atoms with Crippen LogP contribution >= 0.6 is 0 Å². The molecule has 0 heterocycles. The minimum Gasteiger partial charge on any atom is -0.462 e. The average molecular weight is 807 g/mol. The number of hydrogen-bond donors (Lipinski definition) is 0. The van der Waals surface area contributed by atoms with Gasteiger partial charge in [-0.3, -0.25) is 14.4 Å². The van der Waals surface area contributed by atoms with E-state index >= 15 is 0 Å². The van der Waals surface area contributed by atoms with Crippen LogP contribution in [0.4, 0.5) is 0 Å². The van der Waals surface area contributed by atoms with Gasteiger partial charge in [0, 0.05) is 19.3 Å². The van der Waals surface area contributed by atoms with Crippen LogP contribution in [-0.4, -0.2) is 37.2 Å². The smallest absolute Gasteiger partial charge is 0.306 e. The highest BCUT2D eigenvalue weighted by Gasteiger charge is 2.19. The van der Waals surface area contributed by atoms with Crippen LogP contribution in [0.3, 0.4) is 0 Å². The van der Waals surface area contributed by atoms with Gasteiger partial charge in [0.1, 0.15) is 13.2 Å². The van der Waals surface area contributed by atoms with Crippen molar-refractivity contribution in [2.45, 2.75) is 279 Å². The molecule has 6 nitrogen and oxygen atoms in total. The summed E-state index contributed by atoms with van der Waals surface area (Å²) in [6.07, 6.45) is 41.0. The molecule has 0 fully saturated rings. The van der Waals surface area contributed by atoms with E-state index in [2.05, 4.69) is 41.5 Å². The number of rotatable bonds is 44. The molecule has 0 aromatic carbocycles. The Morgan fingerprint density at radius 2 is 0.614 bits per heavy atom. The lowest BCUT2D eigenvalue weighted by molar-refractivity contribution is -0.167. The highest BCUT2D eigenvalue weighted by molar-refractivity contribution is 5.71. The van der Waals surface area contributed by atoms with E-state index in [4.69, 9.17) is 14.2 Å². The van der Waals surface area contributed by atoms with Gasteiger partial charge in [0.25, 0.3) is 0 Å². The summed E-state index contributed by atoms with van der Waals surface area (Å²) < 4.78 is 16.8. The van der Waals surface area contributed by atoms with Gasteiger partial charge < -0.3 is 14.2 Å². The van der Waals surface area contributed by atoms with E-state index in [9.17, 15) is 14.4 Å². The summed E-state index contributed by atoms with van der Waals surface area (Å²) in [5.74, 6) is 1.61. The molecule has 0 radical (unpaired) electrons. The fourth-order valence-corrected chi connectivity index (χ4v) is 7.55. The van der Waals surface area contributed by atoms with Crippen molar-refractivity contribution in [3.8, 4) is 0 Å². The minimum absolute atomic E-state index is 0.0657. The fourth-order valence-electron chi connectivity index (χ4n) is 7.55. The fraction of sp³-hybridized carbons (Fsp3) is 0.941. The molecular formula is C51H98O6. The summed E-state index contributed by atoms with van der Waals surface area (Å²) in [5.41, 5.74) is 0. The lowest BCUT2D eigenvalue weighted by Crippen LogP contribution is -2.30. The van der Waals surface area contributed by atoms with Crippen LogP contribution < -0.4 is 0 Å². The van der Waals surface area contributed by atoms with E-state index in [1.54, 1.807) is 0 Å². The second-order valence-electron chi connectivity index (χ2n) is 18.6. The van der Waals surface area contributed by atoms with E-state index in [0.29, 0.717) is 19.3 Å². The molecule has 0 rings (SSSR count). The van der Waals surface area contributed by atoms with Crippen LogP contribution in [0, 0.1) is 17.8 Å². The number of hydrogen-bond acceptors (Lipinski definition) is 6. The maximum atomic E-state index is 12.8. The van der Waals surface area contributed by atoms with Crippen molar-refractivity contribution in [3.05, 3.63) is 0 Å². The molecular weight excluding hydrogens is 709 g/mol. The first-order chi connectivity index (χ1) is 27.6. The van der Waals surface area contributed by atoms with Crippen LogP contribution in [0.5, 0.6) is 0 Å². The molecule has 2 atom stereocenters. The lowest BCUT2D eigenvalue weighted by atomic mass is 9.99. The molecule has 338 valence electrons. The summed E-state index contributed by atoms with van der Waals surface area (Å²) in [6, 6.07) is 0. The molecule has 0 aromatic rings. The van der Waals surface area contributed by atoms with Crippen molar-refractivity contribution < 1.29 is 28.6 Å². The number of esters is 3. The van der Waals surface area contributed by atoms with Crippen molar-refractivity contribution in [2.75, 3.05) is 13.2 Å². The van der Waals surface area contributed by atoms with Gasteiger partial charge in [-0.25, -0.2) is 0 Å². The summed E-state index contributed by atoms with van der Waals surface area (Å²) >= 11 is 0. The van der Waals surface area contributed by atoms with Crippen LogP contribution in [0.25, 0.3) is 0 Å². The van der Waals surface area contributed by atoms with Crippen LogP contribution in [0.2, 0.25) is 0 Å². The van der Waals surface area contributed by atoms with Crippen molar-refractivity contribution in [3.63, 3.8) is 0 Å². The Morgan fingerprint density at radius 1 is 0.351 bits per heavy atom. The van der Waals surface area contributed by atoms with Crippen molar-refractivity contribution in [2.24, 2.45) is 17.8 Å². The molecule has 57 heavy (non-hydrogen) atoms. The Balaban J connectivity index is 4.29. The number of carbonyl (C=O) groups is 3. The number of carbonyl (C=O) groups excluding carboxylic acids is 3. The van der Waals surface area contributed by atoms with Gasteiger partial charge in [-0.2, -0.15) is 0 Å². The summed E-state index contributed by atoms with van der Waals surface area (Å²) in [5, 5.41) is 0.